The van der Waals surface area contributed by atoms with E-state index in [1.54, 1.807) is 18.3 Å². The third kappa shape index (κ3) is 5.59. The van der Waals surface area contributed by atoms with Crippen LogP contribution in [0.15, 0.2) is 30.6 Å². The second kappa shape index (κ2) is 9.47. The van der Waals surface area contributed by atoms with Gasteiger partial charge in [-0.2, -0.15) is 10.1 Å². The Bertz CT molecular complexity index is 1200. The molecule has 1 saturated carbocycles. The maximum Gasteiger partial charge on any atom is 0.225 e. The average molecular weight is 480 g/mol. The van der Waals surface area contributed by atoms with E-state index in [4.69, 9.17) is 21.5 Å². The minimum absolute atomic E-state index is 0.0347. The lowest BCUT2D eigenvalue weighted by atomic mass is 10.2. The van der Waals surface area contributed by atoms with Crippen molar-refractivity contribution in [1.29, 1.82) is 0 Å². The predicted molar refractivity (Wildman–Crippen MR) is 125 cm³/mol. The van der Waals surface area contributed by atoms with Gasteiger partial charge in [-0.05, 0) is 44.4 Å². The zero-order chi connectivity index (χ0) is 22.7. The van der Waals surface area contributed by atoms with E-state index in [9.17, 15) is 8.42 Å². The Labute approximate surface area is 191 Å². The van der Waals surface area contributed by atoms with E-state index in [1.807, 2.05) is 23.9 Å². The molecule has 1 aromatic carbocycles. The molecule has 1 aliphatic rings. The molecule has 172 valence electrons. The van der Waals surface area contributed by atoms with Crippen LogP contribution in [0.25, 0.3) is 10.9 Å². The number of sulfonamides is 1. The number of rotatable bonds is 9. The molecule has 32 heavy (non-hydrogen) atoms. The van der Waals surface area contributed by atoms with Crippen molar-refractivity contribution in [2.45, 2.75) is 44.9 Å². The van der Waals surface area contributed by atoms with Crippen molar-refractivity contribution >= 4 is 44.3 Å². The third-order valence-corrected chi connectivity index (χ3v) is 6.33. The van der Waals surface area contributed by atoms with Crippen molar-refractivity contribution in [2.75, 3.05) is 22.9 Å². The van der Waals surface area contributed by atoms with Gasteiger partial charge >= 0.3 is 0 Å². The molecule has 2 atom stereocenters. The number of nitrogens with one attached hydrogen (secondary N) is 2. The summed E-state index contributed by atoms with van der Waals surface area (Å²) in [5, 5.41) is 17.1. The van der Waals surface area contributed by atoms with Crippen molar-refractivity contribution < 1.29 is 13.2 Å². The summed E-state index contributed by atoms with van der Waals surface area (Å²) in [5.74, 6) is 1.44. The largest absolute Gasteiger partial charge is 0.485 e. The molecule has 0 amide bonds. The van der Waals surface area contributed by atoms with Gasteiger partial charge in [-0.3, -0.25) is 4.68 Å². The highest BCUT2D eigenvalue weighted by Crippen LogP contribution is 2.31. The fourth-order valence-electron chi connectivity index (χ4n) is 3.76. The molecule has 0 aliphatic heterocycles. The van der Waals surface area contributed by atoms with Crippen molar-refractivity contribution in [3.63, 3.8) is 0 Å². The molecule has 4 rings (SSSR count). The number of hydrogen-bond donors (Lipinski definition) is 3. The normalized spacial score (nSPS) is 18.7. The zero-order valence-electron chi connectivity index (χ0n) is 17.7. The molecular weight excluding hydrogens is 454 g/mol. The maximum absolute atomic E-state index is 11.2. The fourth-order valence-corrected chi connectivity index (χ4v) is 4.31. The quantitative estimate of drug-likeness (QED) is 0.426. The Morgan fingerprint density at radius 3 is 2.91 bits per heavy atom. The van der Waals surface area contributed by atoms with Gasteiger partial charge in [0.25, 0.3) is 0 Å². The van der Waals surface area contributed by atoms with Crippen LogP contribution < -0.4 is 20.5 Å². The van der Waals surface area contributed by atoms with Crippen LogP contribution in [-0.2, 0) is 16.6 Å². The van der Waals surface area contributed by atoms with Crippen LogP contribution in [0.4, 0.5) is 11.8 Å². The van der Waals surface area contributed by atoms with Gasteiger partial charge in [0, 0.05) is 23.5 Å². The monoisotopic (exact) mass is 479 g/mol. The van der Waals surface area contributed by atoms with E-state index in [1.165, 1.54) is 0 Å². The molecule has 1 fully saturated rings. The molecular formula is C20H26ClN7O3S. The zero-order valence-corrected chi connectivity index (χ0v) is 19.2. The molecule has 2 heterocycles. The Morgan fingerprint density at radius 2 is 2.16 bits per heavy atom. The summed E-state index contributed by atoms with van der Waals surface area (Å²) in [5.41, 5.74) is 0.685. The summed E-state index contributed by atoms with van der Waals surface area (Å²) in [6.45, 7) is 2.91. The predicted octanol–water partition coefficient (Wildman–Crippen LogP) is 2.61. The van der Waals surface area contributed by atoms with Gasteiger partial charge in [0.15, 0.2) is 5.75 Å². The molecule has 2 aromatic heterocycles. The topological polar surface area (TPSA) is 137 Å². The molecule has 10 nitrogen and oxygen atoms in total. The van der Waals surface area contributed by atoms with E-state index in [0.29, 0.717) is 22.3 Å². The SMILES string of the molecule is CCn1cc(O[C@@H]2CCC[C@@H]2Nc2nc(NCCS(N)(=O)=O)nc3ccc(Cl)cc23)cn1. The highest BCUT2D eigenvalue weighted by Gasteiger charge is 2.30. The molecule has 0 radical (unpaired) electrons. The van der Waals surface area contributed by atoms with Crippen molar-refractivity contribution in [3.8, 4) is 5.75 Å². The Hall–Kier alpha value is -2.63. The first-order valence-electron chi connectivity index (χ1n) is 10.5. The van der Waals surface area contributed by atoms with Gasteiger partial charge in [0.1, 0.15) is 11.9 Å². The molecule has 3 aromatic rings. The van der Waals surface area contributed by atoms with Gasteiger partial charge < -0.3 is 15.4 Å². The Balaban J connectivity index is 1.56. The van der Waals surface area contributed by atoms with E-state index in [2.05, 4.69) is 25.7 Å². The third-order valence-electron chi connectivity index (χ3n) is 5.32. The van der Waals surface area contributed by atoms with Crippen LogP contribution in [0, 0.1) is 0 Å². The van der Waals surface area contributed by atoms with Crippen LogP contribution in [0.1, 0.15) is 26.2 Å². The van der Waals surface area contributed by atoms with E-state index in [0.717, 1.165) is 36.9 Å². The number of halogens is 1. The summed E-state index contributed by atoms with van der Waals surface area (Å²) in [6, 6.07) is 5.40. The molecule has 1 aliphatic carbocycles. The lowest BCUT2D eigenvalue weighted by molar-refractivity contribution is 0.198. The summed E-state index contributed by atoms with van der Waals surface area (Å²) in [6.07, 6.45) is 6.44. The number of fused-ring (bicyclic) bond motifs is 1. The first-order chi connectivity index (χ1) is 15.3. The lowest BCUT2D eigenvalue weighted by Gasteiger charge is -2.23. The molecule has 0 unspecified atom stereocenters. The highest BCUT2D eigenvalue weighted by molar-refractivity contribution is 7.89. The number of nitrogens with two attached hydrogens (primary N) is 1. The van der Waals surface area contributed by atoms with Crippen LogP contribution in [-0.4, -0.2) is 52.6 Å². The molecule has 12 heteroatoms. The highest BCUT2D eigenvalue weighted by atomic mass is 35.5. The lowest BCUT2D eigenvalue weighted by Crippen LogP contribution is -2.33. The van der Waals surface area contributed by atoms with Crippen LogP contribution in [0.2, 0.25) is 5.02 Å². The minimum Gasteiger partial charge on any atom is -0.485 e. The molecule has 0 spiro atoms. The Kier molecular flexibility index (Phi) is 6.68. The molecule has 0 saturated heterocycles. The summed E-state index contributed by atoms with van der Waals surface area (Å²) in [7, 11) is -3.58. The van der Waals surface area contributed by atoms with Crippen molar-refractivity contribution in [3.05, 3.63) is 35.6 Å². The Morgan fingerprint density at radius 1 is 1.31 bits per heavy atom. The van der Waals surface area contributed by atoms with Crippen LogP contribution in [0.3, 0.4) is 0 Å². The second-order valence-corrected chi connectivity index (χ2v) is 9.89. The number of hydrogen-bond acceptors (Lipinski definition) is 8. The van der Waals surface area contributed by atoms with Gasteiger partial charge in [-0.1, -0.05) is 11.6 Å². The summed E-state index contributed by atoms with van der Waals surface area (Å²) < 4.78 is 30.5. The summed E-state index contributed by atoms with van der Waals surface area (Å²) >= 11 is 6.22. The van der Waals surface area contributed by atoms with E-state index in [-0.39, 0.29) is 24.4 Å². The van der Waals surface area contributed by atoms with Gasteiger partial charge in [0.2, 0.25) is 16.0 Å². The first kappa shape index (κ1) is 22.6. The van der Waals surface area contributed by atoms with E-state index < -0.39 is 10.0 Å². The molecule has 0 bridgehead atoms. The number of ether oxygens (including phenoxy) is 1. The maximum atomic E-state index is 11.2. The number of benzene rings is 1. The second-order valence-electron chi connectivity index (χ2n) is 7.72. The number of aryl methyl sites for hydroxylation is 1. The average Bonchev–Trinajstić information content (AvgIpc) is 3.37. The van der Waals surface area contributed by atoms with Gasteiger partial charge in [-0.25, -0.2) is 18.5 Å². The van der Waals surface area contributed by atoms with Gasteiger partial charge in [0.05, 0.1) is 29.7 Å². The number of anilines is 2. The smallest absolute Gasteiger partial charge is 0.225 e. The number of primary sulfonamides is 1. The van der Waals surface area contributed by atoms with Crippen LogP contribution in [0.5, 0.6) is 5.75 Å². The molecule has 4 N–H and O–H groups in total. The van der Waals surface area contributed by atoms with Gasteiger partial charge in [-0.15, -0.1) is 0 Å². The first-order valence-corrected chi connectivity index (χ1v) is 12.6. The minimum atomic E-state index is -3.58. The standard InChI is InChI=1S/C20H26ClN7O3S/c1-2-28-12-14(11-24-28)31-18-5-3-4-17(18)25-19-15-10-13(21)6-7-16(15)26-20(27-19)23-8-9-32(22,29)30/h6-7,10-12,17-18H,2-5,8-9H2,1H3,(H2,22,29,30)(H2,23,25,26,27)/t17-,18+/m0/s1. The van der Waals surface area contributed by atoms with Crippen molar-refractivity contribution in [1.82, 2.24) is 19.7 Å². The van der Waals surface area contributed by atoms with Crippen molar-refractivity contribution in [2.24, 2.45) is 5.14 Å². The number of nitrogens with zero attached hydrogens (tertiary/aromatic N) is 4. The fraction of sp³-hybridized carbons (Fsp3) is 0.450. The van der Waals surface area contributed by atoms with E-state index >= 15 is 0 Å². The van der Waals surface area contributed by atoms with Crippen LogP contribution >= 0.6 is 11.6 Å². The number of aromatic nitrogens is 4. The summed E-state index contributed by atoms with van der Waals surface area (Å²) in [4.78, 5) is 9.06.